The van der Waals surface area contributed by atoms with E-state index in [9.17, 15) is 14.4 Å². The van der Waals surface area contributed by atoms with Crippen molar-refractivity contribution in [2.24, 2.45) is 11.3 Å². The first-order chi connectivity index (χ1) is 17.4. The van der Waals surface area contributed by atoms with Crippen LogP contribution >= 0.6 is 11.8 Å². The lowest BCUT2D eigenvalue weighted by Crippen LogP contribution is -2.36. The third-order valence-corrected chi connectivity index (χ3v) is 6.05. The van der Waals surface area contributed by atoms with E-state index in [0.717, 1.165) is 15.4 Å². The Morgan fingerprint density at radius 2 is 1.71 bits per heavy atom. The SMILES string of the molecule is CC(C)CSc1cc(NC(=O)OC(C)(C)C)cc(-c2cnc(NC(C)C)c(=O)n2OC(=O)CC(C)(C)C)c1. The number of hydrogen-bond acceptors (Lipinski definition) is 8. The van der Waals surface area contributed by atoms with Crippen LogP contribution in [0.3, 0.4) is 0 Å². The van der Waals surface area contributed by atoms with E-state index in [1.807, 2.05) is 46.8 Å². The second-order valence-corrected chi connectivity index (χ2v) is 13.3. The fraction of sp³-hybridized carbons (Fsp3) is 0.571. The molecule has 0 spiro atoms. The van der Waals surface area contributed by atoms with Gasteiger partial charge in [-0.1, -0.05) is 34.6 Å². The van der Waals surface area contributed by atoms with Gasteiger partial charge in [0, 0.05) is 27.9 Å². The second kappa shape index (κ2) is 12.7. The van der Waals surface area contributed by atoms with Gasteiger partial charge >= 0.3 is 17.6 Å². The van der Waals surface area contributed by atoms with Gasteiger partial charge in [-0.2, -0.15) is 0 Å². The molecule has 210 valence electrons. The minimum atomic E-state index is -0.665. The number of hydrogen-bond donors (Lipinski definition) is 2. The van der Waals surface area contributed by atoms with E-state index in [2.05, 4.69) is 29.5 Å². The van der Waals surface area contributed by atoms with Gasteiger partial charge in [0.25, 0.3) is 0 Å². The summed E-state index contributed by atoms with van der Waals surface area (Å²) >= 11 is 1.62. The smallest absolute Gasteiger partial charge is 0.412 e. The predicted octanol–water partition coefficient (Wildman–Crippen LogP) is 6.22. The van der Waals surface area contributed by atoms with Crippen molar-refractivity contribution < 1.29 is 19.2 Å². The molecule has 38 heavy (non-hydrogen) atoms. The molecule has 2 rings (SSSR count). The van der Waals surface area contributed by atoms with Crippen molar-refractivity contribution in [2.75, 3.05) is 16.4 Å². The van der Waals surface area contributed by atoms with Crippen molar-refractivity contribution in [3.8, 4) is 11.3 Å². The van der Waals surface area contributed by atoms with E-state index >= 15 is 0 Å². The molecule has 0 bridgehead atoms. The maximum absolute atomic E-state index is 13.4. The van der Waals surface area contributed by atoms with Gasteiger partial charge in [-0.3, -0.25) is 10.1 Å². The Morgan fingerprint density at radius 3 is 2.26 bits per heavy atom. The molecular weight excluding hydrogens is 504 g/mol. The van der Waals surface area contributed by atoms with E-state index in [4.69, 9.17) is 9.57 Å². The van der Waals surface area contributed by atoms with Crippen LogP contribution in [0.4, 0.5) is 16.3 Å². The van der Waals surface area contributed by atoms with Gasteiger partial charge < -0.3 is 14.9 Å². The summed E-state index contributed by atoms with van der Waals surface area (Å²) in [6, 6.07) is 5.37. The third kappa shape index (κ3) is 10.4. The monoisotopic (exact) mass is 546 g/mol. The number of ether oxygens (including phenoxy) is 1. The summed E-state index contributed by atoms with van der Waals surface area (Å²) in [7, 11) is 0. The average Bonchev–Trinajstić information content (AvgIpc) is 2.72. The predicted molar refractivity (Wildman–Crippen MR) is 154 cm³/mol. The quantitative estimate of drug-likeness (QED) is 0.357. The first-order valence-corrected chi connectivity index (χ1v) is 13.8. The third-order valence-electron chi connectivity index (χ3n) is 4.65. The number of thioether (sulfide) groups is 1. The Hall–Kier alpha value is -3.01. The van der Waals surface area contributed by atoms with E-state index in [0.29, 0.717) is 17.2 Å². The molecule has 0 fully saturated rings. The summed E-state index contributed by atoms with van der Waals surface area (Å²) in [5.74, 6) is 0.813. The molecule has 2 aromatic rings. The first-order valence-electron chi connectivity index (χ1n) is 12.8. The molecule has 1 amide bonds. The molecule has 2 N–H and O–H groups in total. The van der Waals surface area contributed by atoms with Crippen molar-refractivity contribution in [1.82, 2.24) is 9.71 Å². The summed E-state index contributed by atoms with van der Waals surface area (Å²) in [4.78, 5) is 49.5. The van der Waals surface area contributed by atoms with Gasteiger partial charge in [-0.15, -0.1) is 16.5 Å². The summed E-state index contributed by atoms with van der Waals surface area (Å²) in [5.41, 5.74) is -0.264. The van der Waals surface area contributed by atoms with Crippen molar-refractivity contribution in [1.29, 1.82) is 0 Å². The lowest BCUT2D eigenvalue weighted by molar-refractivity contribution is -0.146. The first kappa shape index (κ1) is 31.2. The van der Waals surface area contributed by atoms with Gasteiger partial charge in [0.15, 0.2) is 5.82 Å². The van der Waals surface area contributed by atoms with E-state index in [1.54, 1.807) is 38.6 Å². The molecule has 0 unspecified atom stereocenters. The number of anilines is 2. The normalized spacial score (nSPS) is 12.0. The lowest BCUT2D eigenvalue weighted by Gasteiger charge is -2.21. The van der Waals surface area contributed by atoms with E-state index < -0.39 is 23.2 Å². The molecule has 10 heteroatoms. The molecule has 0 aliphatic rings. The topological polar surface area (TPSA) is 112 Å². The number of carbonyl (C=O) groups excluding carboxylic acids is 2. The van der Waals surface area contributed by atoms with Crippen molar-refractivity contribution >= 4 is 35.3 Å². The minimum Gasteiger partial charge on any atom is -0.444 e. The van der Waals surface area contributed by atoms with Gasteiger partial charge in [-0.05, 0) is 64.2 Å². The minimum absolute atomic E-state index is 0.0554. The van der Waals surface area contributed by atoms with E-state index in [1.165, 1.54) is 6.20 Å². The zero-order valence-corrected chi connectivity index (χ0v) is 25.0. The lowest BCUT2D eigenvalue weighted by atomic mass is 9.93. The molecule has 0 radical (unpaired) electrons. The Balaban J connectivity index is 2.63. The molecule has 1 aromatic heterocycles. The number of benzene rings is 1. The zero-order chi connectivity index (χ0) is 28.8. The van der Waals surface area contributed by atoms with Crippen LogP contribution in [-0.2, 0) is 9.53 Å². The van der Waals surface area contributed by atoms with Crippen LogP contribution in [0.5, 0.6) is 0 Å². The maximum atomic E-state index is 13.4. The highest BCUT2D eigenvalue weighted by atomic mass is 32.2. The highest BCUT2D eigenvalue weighted by Gasteiger charge is 2.23. The number of rotatable bonds is 9. The molecule has 0 aliphatic heterocycles. The van der Waals surface area contributed by atoms with Crippen molar-refractivity contribution in [3.63, 3.8) is 0 Å². The van der Waals surface area contributed by atoms with Gasteiger partial charge in [0.05, 0.1) is 12.6 Å². The number of nitrogens with zero attached hydrogens (tertiary/aromatic N) is 2. The standard InChI is InChI=1S/C28H42N4O5S/c1-17(2)16-38-21-12-19(11-20(13-21)31-26(35)36-28(8,9)10)22-15-29-24(30-18(3)4)25(34)32(22)37-23(33)14-27(5,6)7/h11-13,15,17-18H,14,16H2,1-10H3,(H,29,30)(H,31,35). The van der Waals surface area contributed by atoms with Crippen LogP contribution in [-0.4, -0.2) is 39.2 Å². The highest BCUT2D eigenvalue weighted by Crippen LogP contribution is 2.31. The van der Waals surface area contributed by atoms with Crippen LogP contribution in [0.1, 0.15) is 75.7 Å². The summed E-state index contributed by atoms with van der Waals surface area (Å²) in [6.45, 7) is 19.1. The van der Waals surface area contributed by atoms with Crippen LogP contribution in [0.25, 0.3) is 11.3 Å². The Labute approximate surface area is 230 Å². The second-order valence-electron chi connectivity index (χ2n) is 12.2. The van der Waals surface area contributed by atoms with Crippen molar-refractivity contribution in [3.05, 3.63) is 34.7 Å². The van der Waals surface area contributed by atoms with Crippen LogP contribution < -0.4 is 21.0 Å². The number of carbonyl (C=O) groups is 2. The Bertz CT molecular complexity index is 1190. The number of nitrogens with one attached hydrogen (secondary N) is 2. The Kier molecular flexibility index (Phi) is 10.4. The molecule has 0 aliphatic carbocycles. The molecule has 0 saturated carbocycles. The van der Waals surface area contributed by atoms with Crippen LogP contribution in [0, 0.1) is 11.3 Å². The molecule has 0 atom stereocenters. The summed E-state index contributed by atoms with van der Waals surface area (Å²) < 4.78 is 6.40. The van der Waals surface area contributed by atoms with Crippen LogP contribution in [0.2, 0.25) is 0 Å². The number of aromatic nitrogens is 2. The van der Waals surface area contributed by atoms with Crippen molar-refractivity contribution in [2.45, 2.75) is 92.2 Å². The van der Waals surface area contributed by atoms with Gasteiger partial charge in [0.2, 0.25) is 0 Å². The Morgan fingerprint density at radius 1 is 1.05 bits per heavy atom. The largest absolute Gasteiger partial charge is 0.444 e. The van der Waals surface area contributed by atoms with Gasteiger partial charge in [-0.25, -0.2) is 14.6 Å². The fourth-order valence-electron chi connectivity index (χ4n) is 3.25. The number of amides is 1. The molecule has 1 aromatic carbocycles. The van der Waals surface area contributed by atoms with Crippen LogP contribution in [0.15, 0.2) is 34.1 Å². The van der Waals surface area contributed by atoms with Gasteiger partial charge in [0.1, 0.15) is 11.3 Å². The summed E-state index contributed by atoms with van der Waals surface area (Å²) in [6.07, 6.45) is 1.00. The van der Waals surface area contributed by atoms with E-state index in [-0.39, 0.29) is 29.4 Å². The summed E-state index contributed by atoms with van der Waals surface area (Å²) in [5, 5.41) is 5.78. The zero-order valence-electron chi connectivity index (χ0n) is 24.2. The average molecular weight is 547 g/mol. The molecular formula is C28H42N4O5S. The fourth-order valence-corrected chi connectivity index (χ4v) is 4.19. The maximum Gasteiger partial charge on any atom is 0.412 e. The highest BCUT2D eigenvalue weighted by molar-refractivity contribution is 7.99. The molecule has 0 saturated heterocycles. The molecule has 1 heterocycles. The molecule has 9 nitrogen and oxygen atoms in total.